The molecule has 0 radical (unpaired) electrons. The molecular formula is C9H8Cl2N4. The van der Waals surface area contributed by atoms with Crippen molar-refractivity contribution in [1.29, 1.82) is 5.26 Å². The smallest absolute Gasteiger partial charge is 0.117 e. The fraction of sp³-hybridized carbons (Fsp3) is 0. The standard InChI is InChI=1S/C9H8Cl2N4/c10-7-1-2-8(6(3-7)4-12)15(14)5-9(11)13/h1-3,5H,13-14H2/b9-5-. The molecule has 78 valence electrons. The molecule has 4 N–H and O–H groups in total. The molecule has 6 heteroatoms. The van der Waals surface area contributed by atoms with E-state index >= 15 is 0 Å². The summed E-state index contributed by atoms with van der Waals surface area (Å²) < 4.78 is 0. The predicted molar refractivity (Wildman–Crippen MR) is 61.0 cm³/mol. The minimum atomic E-state index is 0.0244. The van der Waals surface area contributed by atoms with Gasteiger partial charge >= 0.3 is 0 Å². The molecule has 0 saturated heterocycles. The molecule has 1 aromatic rings. The summed E-state index contributed by atoms with van der Waals surface area (Å²) in [4.78, 5) is 0. The second-order valence-corrected chi connectivity index (χ2v) is 3.57. The molecule has 1 rings (SSSR count). The molecule has 0 atom stereocenters. The van der Waals surface area contributed by atoms with E-state index in [1.165, 1.54) is 12.3 Å². The summed E-state index contributed by atoms with van der Waals surface area (Å²) in [5.74, 6) is 5.62. The van der Waals surface area contributed by atoms with Crippen LogP contribution >= 0.6 is 23.2 Å². The number of rotatable bonds is 2. The molecule has 0 bridgehead atoms. The van der Waals surface area contributed by atoms with Crippen LogP contribution in [0.5, 0.6) is 0 Å². The van der Waals surface area contributed by atoms with Gasteiger partial charge in [0.05, 0.1) is 17.5 Å². The van der Waals surface area contributed by atoms with Gasteiger partial charge in [-0.3, -0.25) is 5.01 Å². The molecule has 15 heavy (non-hydrogen) atoms. The maximum atomic E-state index is 8.85. The van der Waals surface area contributed by atoms with E-state index in [9.17, 15) is 0 Å². The third-order valence-electron chi connectivity index (χ3n) is 1.62. The van der Waals surface area contributed by atoms with E-state index in [4.69, 9.17) is 40.0 Å². The first-order valence-electron chi connectivity index (χ1n) is 3.91. The van der Waals surface area contributed by atoms with Crippen molar-refractivity contribution >= 4 is 28.9 Å². The van der Waals surface area contributed by atoms with E-state index in [-0.39, 0.29) is 5.16 Å². The Morgan fingerprint density at radius 3 is 2.73 bits per heavy atom. The summed E-state index contributed by atoms with van der Waals surface area (Å²) in [6.45, 7) is 0. The number of nitriles is 1. The Hall–Kier alpha value is -1.41. The lowest BCUT2D eigenvalue weighted by Crippen LogP contribution is -2.26. The number of halogens is 2. The van der Waals surface area contributed by atoms with Crippen LogP contribution in [-0.4, -0.2) is 0 Å². The highest BCUT2D eigenvalue weighted by molar-refractivity contribution is 6.30. The van der Waals surface area contributed by atoms with Crippen molar-refractivity contribution in [2.24, 2.45) is 11.6 Å². The molecule has 0 aliphatic heterocycles. The molecule has 0 fully saturated rings. The van der Waals surface area contributed by atoms with Crippen molar-refractivity contribution in [1.82, 2.24) is 0 Å². The van der Waals surface area contributed by atoms with Crippen molar-refractivity contribution in [3.8, 4) is 6.07 Å². The number of hydrazine groups is 1. The average molecular weight is 243 g/mol. The van der Waals surface area contributed by atoms with Gasteiger partial charge in [0.2, 0.25) is 0 Å². The summed E-state index contributed by atoms with van der Waals surface area (Å²) in [6.07, 6.45) is 1.30. The summed E-state index contributed by atoms with van der Waals surface area (Å²) in [5, 5.41) is 10.5. The van der Waals surface area contributed by atoms with Crippen LogP contribution in [0.25, 0.3) is 0 Å². The molecule has 0 amide bonds. The summed E-state index contributed by atoms with van der Waals surface area (Å²) in [5.41, 5.74) is 6.07. The number of anilines is 1. The average Bonchev–Trinajstić information content (AvgIpc) is 2.16. The highest BCUT2D eigenvalue weighted by Gasteiger charge is 2.06. The van der Waals surface area contributed by atoms with Crippen molar-refractivity contribution < 1.29 is 0 Å². The van der Waals surface area contributed by atoms with Crippen molar-refractivity contribution in [3.05, 3.63) is 40.1 Å². The Kier molecular flexibility index (Phi) is 3.81. The van der Waals surface area contributed by atoms with Gasteiger partial charge in [-0.25, -0.2) is 5.84 Å². The van der Waals surface area contributed by atoms with E-state index in [0.29, 0.717) is 16.3 Å². The Morgan fingerprint density at radius 1 is 1.53 bits per heavy atom. The number of hydrogen-bond acceptors (Lipinski definition) is 4. The highest BCUT2D eigenvalue weighted by Crippen LogP contribution is 2.22. The van der Waals surface area contributed by atoms with Crippen LogP contribution in [-0.2, 0) is 0 Å². The molecule has 0 aromatic heterocycles. The first-order chi connectivity index (χ1) is 7.04. The third kappa shape index (κ3) is 3.03. The zero-order chi connectivity index (χ0) is 11.4. The Bertz CT molecular complexity index is 432. The Labute approximate surface area is 97.2 Å². The summed E-state index contributed by atoms with van der Waals surface area (Å²) in [6, 6.07) is 6.71. The lowest BCUT2D eigenvalue weighted by Gasteiger charge is -2.15. The van der Waals surface area contributed by atoms with Crippen molar-refractivity contribution in [3.63, 3.8) is 0 Å². The maximum Gasteiger partial charge on any atom is 0.117 e. The minimum absolute atomic E-state index is 0.0244. The normalized spacial score (nSPS) is 10.9. The van der Waals surface area contributed by atoms with E-state index in [0.717, 1.165) is 5.01 Å². The zero-order valence-electron chi connectivity index (χ0n) is 7.61. The van der Waals surface area contributed by atoms with E-state index in [2.05, 4.69) is 0 Å². The lowest BCUT2D eigenvalue weighted by atomic mass is 10.2. The van der Waals surface area contributed by atoms with Crippen LogP contribution in [0.1, 0.15) is 5.56 Å². The second-order valence-electron chi connectivity index (χ2n) is 2.69. The minimum Gasteiger partial charge on any atom is -0.388 e. The second kappa shape index (κ2) is 4.89. The number of hydrogen-bond donors (Lipinski definition) is 2. The zero-order valence-corrected chi connectivity index (χ0v) is 9.13. The van der Waals surface area contributed by atoms with Crippen molar-refractivity contribution in [2.75, 3.05) is 5.01 Å². The van der Waals surface area contributed by atoms with Crippen LogP contribution < -0.4 is 16.6 Å². The molecule has 0 aliphatic rings. The van der Waals surface area contributed by atoms with E-state index in [1.807, 2.05) is 6.07 Å². The number of nitrogens with two attached hydrogens (primary N) is 2. The van der Waals surface area contributed by atoms with Gasteiger partial charge in [0.1, 0.15) is 11.2 Å². The number of benzene rings is 1. The van der Waals surface area contributed by atoms with Gasteiger partial charge in [0.25, 0.3) is 0 Å². The molecular weight excluding hydrogens is 235 g/mol. The van der Waals surface area contributed by atoms with Gasteiger partial charge in [-0.2, -0.15) is 5.26 Å². The SMILES string of the molecule is N#Cc1cc(Cl)ccc1N(N)/C=C(\N)Cl. The Balaban J connectivity index is 3.15. The van der Waals surface area contributed by atoms with Crippen molar-refractivity contribution in [2.45, 2.75) is 0 Å². The first kappa shape index (κ1) is 11.7. The first-order valence-corrected chi connectivity index (χ1v) is 4.66. The molecule has 1 aromatic carbocycles. The molecule has 0 aliphatic carbocycles. The largest absolute Gasteiger partial charge is 0.388 e. The maximum absolute atomic E-state index is 8.85. The van der Waals surface area contributed by atoms with Gasteiger partial charge in [-0.15, -0.1) is 0 Å². The molecule has 0 saturated carbocycles. The van der Waals surface area contributed by atoms with E-state index in [1.54, 1.807) is 12.1 Å². The quantitative estimate of drug-likeness (QED) is 0.472. The third-order valence-corrected chi connectivity index (χ3v) is 1.95. The number of nitrogens with zero attached hydrogens (tertiary/aromatic N) is 2. The topological polar surface area (TPSA) is 79.1 Å². The van der Waals surface area contributed by atoms with Gasteiger partial charge in [-0.05, 0) is 18.2 Å². The summed E-state index contributed by atoms with van der Waals surface area (Å²) in [7, 11) is 0. The molecule has 4 nitrogen and oxygen atoms in total. The van der Waals surface area contributed by atoms with Gasteiger partial charge in [-0.1, -0.05) is 23.2 Å². The van der Waals surface area contributed by atoms with Crippen LogP contribution in [0.3, 0.4) is 0 Å². The molecule has 0 unspecified atom stereocenters. The van der Waals surface area contributed by atoms with Crippen LogP contribution in [0.15, 0.2) is 29.6 Å². The van der Waals surface area contributed by atoms with Gasteiger partial charge in [0, 0.05) is 5.02 Å². The van der Waals surface area contributed by atoms with E-state index < -0.39 is 0 Å². The predicted octanol–water partition coefficient (Wildman–Crippen LogP) is 1.89. The van der Waals surface area contributed by atoms with Gasteiger partial charge < -0.3 is 5.73 Å². The monoisotopic (exact) mass is 242 g/mol. The summed E-state index contributed by atoms with van der Waals surface area (Å²) >= 11 is 11.2. The van der Waals surface area contributed by atoms with Crippen LogP contribution in [0.2, 0.25) is 5.02 Å². The fourth-order valence-corrected chi connectivity index (χ4v) is 1.30. The van der Waals surface area contributed by atoms with Gasteiger partial charge in [0.15, 0.2) is 0 Å². The highest BCUT2D eigenvalue weighted by atomic mass is 35.5. The fourth-order valence-electron chi connectivity index (χ4n) is 1.03. The molecule has 0 heterocycles. The lowest BCUT2D eigenvalue weighted by molar-refractivity contribution is 1.06. The molecule has 0 spiro atoms. The Morgan fingerprint density at radius 2 is 2.20 bits per heavy atom. The van der Waals surface area contributed by atoms with Crippen LogP contribution in [0, 0.1) is 11.3 Å². The van der Waals surface area contributed by atoms with Crippen LogP contribution in [0.4, 0.5) is 5.69 Å².